The van der Waals surface area contributed by atoms with Gasteiger partial charge in [0.15, 0.2) is 6.61 Å². The number of carbonyl (C=O) groups is 4. The lowest BCUT2D eigenvalue weighted by Gasteiger charge is -2.16. The number of ether oxygens (including phenoxy) is 2. The van der Waals surface area contributed by atoms with Crippen molar-refractivity contribution in [1.82, 2.24) is 0 Å². The first-order valence-electron chi connectivity index (χ1n) is 11.1. The molecule has 1 heterocycles. The summed E-state index contributed by atoms with van der Waals surface area (Å²) >= 11 is 0. The van der Waals surface area contributed by atoms with E-state index in [0.717, 1.165) is 16.0 Å². The van der Waals surface area contributed by atoms with Gasteiger partial charge in [-0.15, -0.1) is 0 Å². The Bertz CT molecular complexity index is 1330. The van der Waals surface area contributed by atoms with Crippen molar-refractivity contribution in [3.8, 4) is 5.75 Å². The molecule has 8 heteroatoms. The number of aryl methyl sites for hydroxylation is 2. The predicted octanol–water partition coefficient (Wildman–Crippen LogP) is 4.30. The van der Waals surface area contributed by atoms with Crippen molar-refractivity contribution in [2.24, 2.45) is 0 Å². The molecule has 0 radical (unpaired) electrons. The summed E-state index contributed by atoms with van der Waals surface area (Å²) in [5, 5.41) is 2.63. The van der Waals surface area contributed by atoms with Crippen LogP contribution in [0.5, 0.6) is 5.75 Å². The van der Waals surface area contributed by atoms with Gasteiger partial charge < -0.3 is 14.8 Å². The van der Waals surface area contributed by atoms with Crippen LogP contribution in [0, 0.1) is 13.8 Å². The van der Waals surface area contributed by atoms with Gasteiger partial charge in [0, 0.05) is 5.69 Å². The van der Waals surface area contributed by atoms with E-state index < -0.39 is 30.3 Å². The van der Waals surface area contributed by atoms with E-state index in [1.54, 1.807) is 30.3 Å². The molecule has 4 rings (SSSR count). The molecule has 0 aliphatic carbocycles. The van der Waals surface area contributed by atoms with E-state index in [0.29, 0.717) is 23.7 Å². The summed E-state index contributed by atoms with van der Waals surface area (Å²) in [5.41, 5.74) is 3.22. The second kappa shape index (κ2) is 9.80. The van der Waals surface area contributed by atoms with Gasteiger partial charge in [-0.1, -0.05) is 17.7 Å². The molecule has 178 valence electrons. The molecule has 0 saturated heterocycles. The molecular formula is C27H24N2O6. The van der Waals surface area contributed by atoms with Gasteiger partial charge in [0.2, 0.25) is 0 Å². The highest BCUT2D eigenvalue weighted by Gasteiger charge is 2.37. The van der Waals surface area contributed by atoms with E-state index in [2.05, 4.69) is 5.32 Å². The van der Waals surface area contributed by atoms with Crippen molar-refractivity contribution in [3.63, 3.8) is 0 Å². The molecule has 1 aliphatic rings. The molecule has 1 N–H and O–H groups in total. The summed E-state index contributed by atoms with van der Waals surface area (Å²) in [4.78, 5) is 51.7. The zero-order chi connectivity index (χ0) is 25.1. The van der Waals surface area contributed by atoms with Crippen LogP contribution in [0.2, 0.25) is 0 Å². The van der Waals surface area contributed by atoms with Gasteiger partial charge in [-0.2, -0.15) is 0 Å². The van der Waals surface area contributed by atoms with Gasteiger partial charge in [-0.25, -0.2) is 9.69 Å². The molecule has 3 amide bonds. The third-order valence-corrected chi connectivity index (χ3v) is 5.50. The zero-order valence-electron chi connectivity index (χ0n) is 19.6. The molecule has 0 spiro atoms. The predicted molar refractivity (Wildman–Crippen MR) is 130 cm³/mol. The SMILES string of the molecule is CCOc1ccc(NC(=O)COC(=O)c2ccc3c(c2)C(=O)N(c2ccc(C)cc2C)C3=O)cc1. The van der Waals surface area contributed by atoms with E-state index in [9.17, 15) is 19.2 Å². The average Bonchev–Trinajstić information content (AvgIpc) is 3.08. The summed E-state index contributed by atoms with van der Waals surface area (Å²) in [6.07, 6.45) is 0. The first-order valence-corrected chi connectivity index (χ1v) is 11.1. The van der Waals surface area contributed by atoms with Gasteiger partial charge in [-0.05, 0) is 74.9 Å². The van der Waals surface area contributed by atoms with Crippen molar-refractivity contribution >= 4 is 35.1 Å². The van der Waals surface area contributed by atoms with Crippen LogP contribution in [-0.4, -0.2) is 36.9 Å². The quantitative estimate of drug-likeness (QED) is 0.406. The summed E-state index contributed by atoms with van der Waals surface area (Å²) in [7, 11) is 0. The summed E-state index contributed by atoms with van der Waals surface area (Å²) in [5.74, 6) is -1.58. The summed E-state index contributed by atoms with van der Waals surface area (Å²) in [6.45, 7) is 5.65. The molecule has 1 aliphatic heterocycles. The van der Waals surface area contributed by atoms with Gasteiger partial charge in [0.05, 0.1) is 29.0 Å². The summed E-state index contributed by atoms with van der Waals surface area (Å²) in [6, 6.07) is 16.4. The van der Waals surface area contributed by atoms with Gasteiger partial charge in [0.1, 0.15) is 5.75 Å². The molecule has 3 aromatic carbocycles. The van der Waals surface area contributed by atoms with Crippen molar-refractivity contribution in [1.29, 1.82) is 0 Å². The number of rotatable bonds is 7. The monoisotopic (exact) mass is 472 g/mol. The fraction of sp³-hybridized carbons (Fsp3) is 0.185. The molecule has 0 aromatic heterocycles. The molecular weight excluding hydrogens is 448 g/mol. The Morgan fingerprint density at radius 3 is 2.29 bits per heavy atom. The maximum atomic E-state index is 13.0. The second-order valence-corrected chi connectivity index (χ2v) is 8.08. The molecule has 0 atom stereocenters. The van der Waals surface area contributed by atoms with Crippen molar-refractivity contribution in [3.05, 3.63) is 88.5 Å². The Morgan fingerprint density at radius 1 is 0.886 bits per heavy atom. The smallest absolute Gasteiger partial charge is 0.338 e. The maximum Gasteiger partial charge on any atom is 0.338 e. The molecule has 3 aromatic rings. The number of fused-ring (bicyclic) bond motifs is 1. The maximum absolute atomic E-state index is 13.0. The molecule has 8 nitrogen and oxygen atoms in total. The van der Waals surface area contributed by atoms with E-state index >= 15 is 0 Å². The van der Waals surface area contributed by atoms with Gasteiger partial charge in [0.25, 0.3) is 17.7 Å². The van der Waals surface area contributed by atoms with Crippen LogP contribution < -0.4 is 15.0 Å². The van der Waals surface area contributed by atoms with Crippen LogP contribution in [0.15, 0.2) is 60.7 Å². The second-order valence-electron chi connectivity index (χ2n) is 8.08. The number of hydrogen-bond donors (Lipinski definition) is 1. The number of nitrogens with one attached hydrogen (secondary N) is 1. The lowest BCUT2D eigenvalue weighted by molar-refractivity contribution is -0.119. The van der Waals surface area contributed by atoms with E-state index in [4.69, 9.17) is 9.47 Å². The average molecular weight is 472 g/mol. The van der Waals surface area contributed by atoms with Crippen molar-refractivity contribution in [2.45, 2.75) is 20.8 Å². The first kappa shape index (κ1) is 23.7. The minimum absolute atomic E-state index is 0.0706. The standard InChI is InChI=1S/C27H24N2O6/c1-4-34-20-9-7-19(8-10-20)28-24(30)15-35-27(33)18-6-11-21-22(14-18)26(32)29(25(21)31)23-12-5-16(2)13-17(23)3/h5-14H,4,15H2,1-3H3,(H,28,30). The Labute approximate surface area is 202 Å². The van der Waals surface area contributed by atoms with E-state index in [1.165, 1.54) is 18.2 Å². The number of esters is 1. The lowest BCUT2D eigenvalue weighted by Crippen LogP contribution is -2.30. The summed E-state index contributed by atoms with van der Waals surface area (Å²) < 4.78 is 10.5. The van der Waals surface area contributed by atoms with Crippen LogP contribution in [0.25, 0.3) is 0 Å². The minimum Gasteiger partial charge on any atom is -0.494 e. The third kappa shape index (κ3) is 4.91. The minimum atomic E-state index is -0.778. The van der Waals surface area contributed by atoms with Crippen LogP contribution in [0.4, 0.5) is 11.4 Å². The zero-order valence-corrected chi connectivity index (χ0v) is 19.6. The Morgan fingerprint density at radius 2 is 1.60 bits per heavy atom. The normalized spacial score (nSPS) is 12.4. The van der Waals surface area contributed by atoms with E-state index in [-0.39, 0.29) is 16.7 Å². The van der Waals surface area contributed by atoms with Crippen LogP contribution in [0.3, 0.4) is 0 Å². The highest BCUT2D eigenvalue weighted by molar-refractivity contribution is 6.35. The molecule has 0 fully saturated rings. The van der Waals surface area contributed by atoms with Gasteiger partial charge >= 0.3 is 5.97 Å². The van der Waals surface area contributed by atoms with Crippen molar-refractivity contribution in [2.75, 3.05) is 23.4 Å². The van der Waals surface area contributed by atoms with Crippen molar-refractivity contribution < 1.29 is 28.7 Å². The number of anilines is 2. The Hall–Kier alpha value is -4.46. The number of nitrogens with zero attached hydrogens (tertiary/aromatic N) is 1. The number of carbonyl (C=O) groups excluding carboxylic acids is 4. The highest BCUT2D eigenvalue weighted by Crippen LogP contribution is 2.31. The highest BCUT2D eigenvalue weighted by atomic mass is 16.5. The molecule has 35 heavy (non-hydrogen) atoms. The largest absolute Gasteiger partial charge is 0.494 e. The third-order valence-electron chi connectivity index (χ3n) is 5.50. The fourth-order valence-electron chi connectivity index (χ4n) is 3.86. The molecule has 0 unspecified atom stereocenters. The number of benzene rings is 3. The Kier molecular flexibility index (Phi) is 6.64. The van der Waals surface area contributed by atoms with E-state index in [1.807, 2.05) is 32.9 Å². The van der Waals surface area contributed by atoms with Crippen LogP contribution in [0.1, 0.15) is 49.1 Å². The fourth-order valence-corrected chi connectivity index (χ4v) is 3.86. The number of hydrogen-bond acceptors (Lipinski definition) is 6. The number of amides is 3. The Balaban J connectivity index is 1.42. The molecule has 0 bridgehead atoms. The first-order chi connectivity index (χ1) is 16.8. The van der Waals surface area contributed by atoms with Gasteiger partial charge in [-0.3, -0.25) is 14.4 Å². The lowest BCUT2D eigenvalue weighted by atomic mass is 10.1. The molecule has 0 saturated carbocycles. The number of imide groups is 1. The van der Waals surface area contributed by atoms with Crippen LogP contribution >= 0.6 is 0 Å². The van der Waals surface area contributed by atoms with Crippen LogP contribution in [-0.2, 0) is 9.53 Å². The topological polar surface area (TPSA) is 102 Å².